The second-order valence-electron chi connectivity index (χ2n) is 8.35. The van der Waals surface area contributed by atoms with E-state index in [1.165, 1.54) is 12.8 Å². The third-order valence-corrected chi connectivity index (χ3v) is 7.44. The molecule has 1 aromatic heterocycles. The molecule has 2 aromatic rings. The van der Waals surface area contributed by atoms with E-state index < -0.39 is 5.92 Å². The number of ether oxygens (including phenoxy) is 2. The van der Waals surface area contributed by atoms with Crippen molar-refractivity contribution in [3.8, 4) is 11.5 Å². The van der Waals surface area contributed by atoms with Crippen LogP contribution < -0.4 is 14.8 Å². The maximum Gasteiger partial charge on any atom is 0.254 e. The summed E-state index contributed by atoms with van der Waals surface area (Å²) in [6.45, 7) is 0. The predicted octanol–water partition coefficient (Wildman–Crippen LogP) is 4.51. The van der Waals surface area contributed by atoms with E-state index in [0.717, 1.165) is 30.6 Å². The topological polar surface area (TPSA) is 67.9 Å². The number of nitrogens with zero attached hydrogens (tertiary/aromatic N) is 1. The predicted molar refractivity (Wildman–Crippen MR) is 121 cm³/mol. The van der Waals surface area contributed by atoms with Crippen LogP contribution in [0.4, 0.5) is 0 Å². The van der Waals surface area contributed by atoms with Crippen LogP contribution in [-0.4, -0.2) is 44.0 Å². The summed E-state index contributed by atoms with van der Waals surface area (Å²) in [5.74, 6) is 0.349. The maximum absolute atomic E-state index is 13.7. The largest absolute Gasteiger partial charge is 0.493 e. The highest BCUT2D eigenvalue weighted by molar-refractivity contribution is 7.10. The average molecular weight is 443 g/mol. The van der Waals surface area contributed by atoms with Crippen molar-refractivity contribution in [1.29, 1.82) is 0 Å². The second kappa shape index (κ2) is 9.30. The molecule has 1 aliphatic carbocycles. The molecule has 2 aliphatic rings. The van der Waals surface area contributed by atoms with E-state index in [4.69, 9.17) is 9.47 Å². The Morgan fingerprint density at radius 3 is 2.39 bits per heavy atom. The monoisotopic (exact) mass is 442 g/mol. The first kappa shape index (κ1) is 21.7. The van der Waals surface area contributed by atoms with Crippen LogP contribution in [0.3, 0.4) is 0 Å². The van der Waals surface area contributed by atoms with Crippen LogP contribution in [0.1, 0.15) is 71.3 Å². The molecule has 0 unspecified atom stereocenters. The summed E-state index contributed by atoms with van der Waals surface area (Å²) in [6, 6.07) is 7.29. The van der Waals surface area contributed by atoms with Gasteiger partial charge in [0, 0.05) is 23.5 Å². The molecular weight excluding hydrogens is 412 g/mol. The van der Waals surface area contributed by atoms with Crippen LogP contribution in [0.15, 0.2) is 29.6 Å². The quantitative estimate of drug-likeness (QED) is 0.692. The van der Waals surface area contributed by atoms with Crippen molar-refractivity contribution >= 4 is 23.2 Å². The lowest BCUT2D eigenvalue weighted by atomic mass is 9.81. The zero-order chi connectivity index (χ0) is 22.0. The number of carbonyl (C=O) groups is 2. The number of nitrogens with one attached hydrogen (secondary N) is 1. The molecule has 166 valence electrons. The van der Waals surface area contributed by atoms with Crippen molar-refractivity contribution < 1.29 is 19.1 Å². The van der Waals surface area contributed by atoms with Gasteiger partial charge in [0.15, 0.2) is 11.5 Å². The Balaban J connectivity index is 1.78. The van der Waals surface area contributed by atoms with E-state index in [1.807, 2.05) is 17.5 Å². The van der Waals surface area contributed by atoms with Gasteiger partial charge < -0.3 is 19.7 Å². The standard InChI is InChI=1S/C24H30N2O4S/c1-26-22(20-11-8-12-31-20)21(23(27)25-15-9-6-4-5-7-10-15)16-13-18(29-2)19(30-3)14-17(16)24(26)28/h8,11-15,21-22H,4-7,9-10H2,1-3H3,(H,25,27)/t21-,22-/m0/s1. The lowest BCUT2D eigenvalue weighted by Gasteiger charge is -2.39. The minimum Gasteiger partial charge on any atom is -0.493 e. The highest BCUT2D eigenvalue weighted by Gasteiger charge is 2.44. The molecule has 0 bridgehead atoms. The van der Waals surface area contributed by atoms with Crippen molar-refractivity contribution in [1.82, 2.24) is 10.2 Å². The van der Waals surface area contributed by atoms with Gasteiger partial charge in [-0.1, -0.05) is 31.7 Å². The van der Waals surface area contributed by atoms with Gasteiger partial charge in [-0.2, -0.15) is 0 Å². The number of amides is 2. The number of hydrogen-bond acceptors (Lipinski definition) is 5. The third kappa shape index (κ3) is 4.15. The molecule has 1 aromatic carbocycles. The Morgan fingerprint density at radius 1 is 1.10 bits per heavy atom. The first-order valence-corrected chi connectivity index (χ1v) is 11.8. The number of rotatable bonds is 5. The van der Waals surface area contributed by atoms with Crippen molar-refractivity contribution in [3.63, 3.8) is 0 Å². The zero-order valence-corrected chi connectivity index (χ0v) is 19.2. The number of benzene rings is 1. The summed E-state index contributed by atoms with van der Waals surface area (Å²) < 4.78 is 10.9. The summed E-state index contributed by atoms with van der Waals surface area (Å²) in [6.07, 6.45) is 6.76. The molecule has 7 heteroatoms. The van der Waals surface area contributed by atoms with E-state index in [9.17, 15) is 9.59 Å². The molecule has 2 heterocycles. The summed E-state index contributed by atoms with van der Waals surface area (Å²) in [4.78, 5) is 29.7. The van der Waals surface area contributed by atoms with Crippen molar-refractivity contribution in [3.05, 3.63) is 45.6 Å². The number of methoxy groups -OCH3 is 2. The number of thiophene rings is 1. The lowest BCUT2D eigenvalue weighted by Crippen LogP contribution is -2.47. The fourth-order valence-corrected chi connectivity index (χ4v) is 5.77. The third-order valence-electron chi connectivity index (χ3n) is 6.49. The van der Waals surface area contributed by atoms with Crippen molar-refractivity contribution in [2.75, 3.05) is 21.3 Å². The minimum atomic E-state index is -0.514. The number of likely N-dealkylation sites (N-methyl/N-ethyl adjacent to an activating group) is 1. The van der Waals surface area contributed by atoms with Crippen LogP contribution in [0.2, 0.25) is 0 Å². The van der Waals surface area contributed by atoms with Crippen LogP contribution in [0.25, 0.3) is 0 Å². The average Bonchev–Trinajstić information content (AvgIpc) is 3.19. The highest BCUT2D eigenvalue weighted by Crippen LogP contribution is 2.46. The first-order chi connectivity index (χ1) is 15.0. The fraction of sp³-hybridized carbons (Fsp3) is 0.500. The van der Waals surface area contributed by atoms with Gasteiger partial charge in [-0.25, -0.2) is 0 Å². The van der Waals surface area contributed by atoms with Gasteiger partial charge in [-0.05, 0) is 42.0 Å². The molecule has 1 N–H and O–H groups in total. The Hall–Kier alpha value is -2.54. The van der Waals surface area contributed by atoms with Gasteiger partial charge in [0.05, 0.1) is 26.2 Å². The van der Waals surface area contributed by atoms with Crippen LogP contribution in [-0.2, 0) is 4.79 Å². The second-order valence-corrected chi connectivity index (χ2v) is 9.32. The molecule has 2 amide bonds. The molecule has 1 fully saturated rings. The molecule has 6 nitrogen and oxygen atoms in total. The van der Waals surface area contributed by atoms with Gasteiger partial charge in [-0.3, -0.25) is 9.59 Å². The van der Waals surface area contributed by atoms with Gasteiger partial charge in [0.25, 0.3) is 5.91 Å². The minimum absolute atomic E-state index is 0.0295. The summed E-state index contributed by atoms with van der Waals surface area (Å²) in [7, 11) is 4.89. The number of carbonyl (C=O) groups excluding carboxylic acids is 2. The molecule has 31 heavy (non-hydrogen) atoms. The van der Waals surface area contributed by atoms with E-state index >= 15 is 0 Å². The summed E-state index contributed by atoms with van der Waals surface area (Å²) >= 11 is 1.57. The molecule has 1 aliphatic heterocycles. The Bertz CT molecular complexity index is 935. The Kier molecular flexibility index (Phi) is 6.51. The summed E-state index contributed by atoms with van der Waals surface area (Å²) in [5.41, 5.74) is 1.19. The van der Waals surface area contributed by atoms with Gasteiger partial charge in [0.1, 0.15) is 0 Å². The van der Waals surface area contributed by atoms with E-state index in [1.54, 1.807) is 49.6 Å². The van der Waals surface area contributed by atoms with E-state index in [2.05, 4.69) is 5.32 Å². The SMILES string of the molecule is COc1cc2c(cc1OC)[C@H](C(=O)NC1CCCCCC1)[C@H](c1cccs1)N(C)C2=O. The van der Waals surface area contributed by atoms with E-state index in [-0.39, 0.29) is 23.9 Å². The zero-order valence-electron chi connectivity index (χ0n) is 18.3. The van der Waals surface area contributed by atoms with Crippen molar-refractivity contribution in [2.45, 2.75) is 56.5 Å². The molecule has 0 spiro atoms. The maximum atomic E-state index is 13.7. The van der Waals surface area contributed by atoms with Gasteiger partial charge in [-0.15, -0.1) is 11.3 Å². The summed E-state index contributed by atoms with van der Waals surface area (Å²) in [5, 5.41) is 5.30. The normalized spacial score (nSPS) is 21.9. The van der Waals surface area contributed by atoms with Crippen LogP contribution in [0, 0.1) is 0 Å². The number of fused-ring (bicyclic) bond motifs is 1. The van der Waals surface area contributed by atoms with Crippen molar-refractivity contribution in [2.24, 2.45) is 0 Å². The fourth-order valence-electron chi connectivity index (χ4n) is 4.86. The molecule has 4 rings (SSSR count). The molecular formula is C24H30N2O4S. The highest BCUT2D eigenvalue weighted by atomic mass is 32.1. The van der Waals surface area contributed by atoms with Crippen LogP contribution in [0.5, 0.6) is 11.5 Å². The van der Waals surface area contributed by atoms with E-state index in [0.29, 0.717) is 22.6 Å². The Labute approximate surface area is 187 Å². The molecule has 2 atom stereocenters. The molecule has 1 saturated carbocycles. The van der Waals surface area contributed by atoms with Crippen LogP contribution >= 0.6 is 11.3 Å². The molecule has 0 radical (unpaired) electrons. The first-order valence-electron chi connectivity index (χ1n) is 10.9. The Morgan fingerprint density at radius 2 is 1.77 bits per heavy atom. The smallest absolute Gasteiger partial charge is 0.254 e. The number of hydrogen-bond donors (Lipinski definition) is 1. The lowest BCUT2D eigenvalue weighted by molar-refractivity contribution is -0.124. The van der Waals surface area contributed by atoms with Gasteiger partial charge >= 0.3 is 0 Å². The van der Waals surface area contributed by atoms with Gasteiger partial charge in [0.2, 0.25) is 5.91 Å². The molecule has 0 saturated heterocycles.